The van der Waals surface area contributed by atoms with Crippen LogP contribution >= 0.6 is 11.6 Å². The summed E-state index contributed by atoms with van der Waals surface area (Å²) in [5.41, 5.74) is 7.15. The predicted octanol–water partition coefficient (Wildman–Crippen LogP) is 6.05. The van der Waals surface area contributed by atoms with Gasteiger partial charge in [0.25, 0.3) is 0 Å². The van der Waals surface area contributed by atoms with Gasteiger partial charge in [0.2, 0.25) is 0 Å². The van der Waals surface area contributed by atoms with Crippen LogP contribution in [0, 0.1) is 0 Å². The van der Waals surface area contributed by atoms with Crippen molar-refractivity contribution in [2.24, 2.45) is 0 Å². The van der Waals surface area contributed by atoms with Gasteiger partial charge in [0.1, 0.15) is 5.52 Å². The molecule has 5 aromatic rings. The lowest BCUT2D eigenvalue weighted by Crippen LogP contribution is -2.48. The molecule has 1 saturated heterocycles. The Morgan fingerprint density at radius 2 is 1.48 bits per heavy atom. The molecule has 0 amide bonds. The summed E-state index contributed by atoms with van der Waals surface area (Å²) in [4.78, 5) is 9.88. The van der Waals surface area contributed by atoms with E-state index >= 15 is 0 Å². The van der Waals surface area contributed by atoms with E-state index in [0.717, 1.165) is 47.8 Å². The summed E-state index contributed by atoms with van der Waals surface area (Å²) in [7, 11) is 0. The van der Waals surface area contributed by atoms with Crippen LogP contribution in [-0.4, -0.2) is 40.5 Å². The highest BCUT2D eigenvalue weighted by atomic mass is 35.5. The Morgan fingerprint density at radius 1 is 0.727 bits per heavy atom. The van der Waals surface area contributed by atoms with Crippen molar-refractivity contribution in [2.45, 2.75) is 6.04 Å². The molecule has 3 heterocycles. The van der Waals surface area contributed by atoms with Crippen LogP contribution in [0.5, 0.6) is 0 Å². The zero-order valence-electron chi connectivity index (χ0n) is 18.3. The molecule has 0 N–H and O–H groups in total. The predicted molar refractivity (Wildman–Crippen MR) is 136 cm³/mol. The van der Waals surface area contributed by atoms with Crippen LogP contribution in [0.25, 0.3) is 16.6 Å². The van der Waals surface area contributed by atoms with Crippen molar-refractivity contribution >= 4 is 33.8 Å². The van der Waals surface area contributed by atoms with Crippen molar-refractivity contribution in [3.63, 3.8) is 0 Å². The maximum atomic E-state index is 6.18. The monoisotopic (exact) mass is 452 g/mol. The molecular weight excluding hydrogens is 428 g/mol. The molecule has 4 nitrogen and oxygen atoms in total. The molecule has 0 radical (unpaired) electrons. The van der Waals surface area contributed by atoms with E-state index in [0.29, 0.717) is 0 Å². The fourth-order valence-corrected chi connectivity index (χ4v) is 5.19. The zero-order valence-corrected chi connectivity index (χ0v) is 19.1. The van der Waals surface area contributed by atoms with E-state index in [1.807, 2.05) is 18.3 Å². The number of nitrogens with zero attached hydrogens (tertiary/aromatic N) is 4. The molecule has 5 heteroatoms. The molecule has 1 aliphatic rings. The van der Waals surface area contributed by atoms with Crippen molar-refractivity contribution in [2.75, 3.05) is 31.1 Å². The van der Waals surface area contributed by atoms with E-state index in [4.69, 9.17) is 16.6 Å². The molecule has 0 aliphatic carbocycles. The summed E-state index contributed by atoms with van der Waals surface area (Å²) >= 11 is 6.18. The van der Waals surface area contributed by atoms with Crippen molar-refractivity contribution in [1.29, 1.82) is 0 Å². The van der Waals surface area contributed by atoms with Gasteiger partial charge in [0.15, 0.2) is 0 Å². The number of piperazine rings is 1. The SMILES string of the molecule is Clc1ccc(C(c2ccccc2)N2CCN(c3cccc4c3ncc3cccn34)CC2)cc1. The second-order valence-electron chi connectivity index (χ2n) is 8.59. The van der Waals surface area contributed by atoms with Gasteiger partial charge in [0, 0.05) is 37.4 Å². The summed E-state index contributed by atoms with van der Waals surface area (Å²) in [6, 6.07) is 30.0. The van der Waals surface area contributed by atoms with E-state index in [2.05, 4.69) is 93.2 Å². The highest BCUT2D eigenvalue weighted by Crippen LogP contribution is 2.32. The number of hydrogen-bond acceptors (Lipinski definition) is 3. The molecule has 33 heavy (non-hydrogen) atoms. The second kappa shape index (κ2) is 8.54. The van der Waals surface area contributed by atoms with E-state index in [9.17, 15) is 0 Å². The van der Waals surface area contributed by atoms with Crippen LogP contribution in [0.15, 0.2) is 97.3 Å². The van der Waals surface area contributed by atoms with E-state index in [-0.39, 0.29) is 6.04 Å². The Labute approximate surface area is 198 Å². The molecule has 1 atom stereocenters. The van der Waals surface area contributed by atoms with Gasteiger partial charge in [-0.2, -0.15) is 0 Å². The Bertz CT molecular complexity index is 1390. The van der Waals surface area contributed by atoms with E-state index in [1.54, 1.807) is 0 Å². The minimum atomic E-state index is 0.218. The van der Waals surface area contributed by atoms with Crippen LogP contribution in [-0.2, 0) is 0 Å². The van der Waals surface area contributed by atoms with Gasteiger partial charge in [0.05, 0.1) is 29.0 Å². The number of benzene rings is 3. The zero-order chi connectivity index (χ0) is 22.2. The van der Waals surface area contributed by atoms with Crippen molar-refractivity contribution < 1.29 is 0 Å². The molecule has 1 unspecified atom stereocenters. The minimum absolute atomic E-state index is 0.218. The molecule has 1 fully saturated rings. The van der Waals surface area contributed by atoms with E-state index < -0.39 is 0 Å². The van der Waals surface area contributed by atoms with Gasteiger partial charge in [-0.3, -0.25) is 9.88 Å². The molecule has 164 valence electrons. The van der Waals surface area contributed by atoms with Crippen LogP contribution in [0.2, 0.25) is 5.02 Å². The standard InChI is InChI=1S/C28H25ClN4/c29-23-13-11-22(12-14-23)28(21-6-2-1-3-7-21)32-18-16-31(17-19-32)25-9-4-10-26-27(25)30-20-24-8-5-15-33(24)26/h1-15,20,28H,16-19H2. The van der Waals surface area contributed by atoms with Gasteiger partial charge in [-0.15, -0.1) is 0 Å². The van der Waals surface area contributed by atoms with Crippen LogP contribution in [0.4, 0.5) is 5.69 Å². The highest BCUT2D eigenvalue weighted by molar-refractivity contribution is 6.30. The lowest BCUT2D eigenvalue weighted by Gasteiger charge is -2.40. The first-order valence-corrected chi connectivity index (χ1v) is 11.8. The number of halogens is 1. The maximum absolute atomic E-state index is 6.18. The van der Waals surface area contributed by atoms with Crippen LogP contribution in [0.1, 0.15) is 17.2 Å². The molecule has 0 bridgehead atoms. The number of rotatable bonds is 4. The topological polar surface area (TPSA) is 23.8 Å². The molecule has 0 spiro atoms. The van der Waals surface area contributed by atoms with Gasteiger partial charge in [-0.1, -0.05) is 60.1 Å². The molecule has 2 aromatic heterocycles. The summed E-state index contributed by atoms with van der Waals surface area (Å²) in [5, 5.41) is 0.774. The molecule has 1 aliphatic heterocycles. The Balaban J connectivity index is 1.29. The van der Waals surface area contributed by atoms with Gasteiger partial charge in [-0.25, -0.2) is 0 Å². The van der Waals surface area contributed by atoms with E-state index in [1.165, 1.54) is 16.8 Å². The summed E-state index contributed by atoms with van der Waals surface area (Å²) < 4.78 is 2.22. The van der Waals surface area contributed by atoms with Gasteiger partial charge < -0.3 is 9.30 Å². The average molecular weight is 453 g/mol. The lowest BCUT2D eigenvalue weighted by atomic mass is 9.96. The number of hydrogen-bond donors (Lipinski definition) is 0. The molecular formula is C28H25ClN4. The first kappa shape index (κ1) is 20.3. The number of aromatic nitrogens is 2. The van der Waals surface area contributed by atoms with Crippen molar-refractivity contribution in [3.8, 4) is 0 Å². The maximum Gasteiger partial charge on any atom is 0.110 e. The van der Waals surface area contributed by atoms with Crippen LogP contribution in [0.3, 0.4) is 0 Å². The third kappa shape index (κ3) is 3.75. The third-order valence-electron chi connectivity index (χ3n) is 6.68. The first-order chi connectivity index (χ1) is 16.3. The number of fused-ring (bicyclic) bond motifs is 3. The highest BCUT2D eigenvalue weighted by Gasteiger charge is 2.27. The molecule has 0 saturated carbocycles. The lowest BCUT2D eigenvalue weighted by molar-refractivity contribution is 0.212. The summed E-state index contributed by atoms with van der Waals surface area (Å²) in [6.45, 7) is 3.87. The fraction of sp³-hybridized carbons (Fsp3) is 0.179. The van der Waals surface area contributed by atoms with Crippen molar-refractivity contribution in [1.82, 2.24) is 14.3 Å². The first-order valence-electron chi connectivity index (χ1n) is 11.4. The fourth-order valence-electron chi connectivity index (χ4n) is 5.07. The van der Waals surface area contributed by atoms with Gasteiger partial charge >= 0.3 is 0 Å². The van der Waals surface area contributed by atoms with Gasteiger partial charge in [-0.05, 0) is 47.5 Å². The average Bonchev–Trinajstić information content (AvgIpc) is 3.36. The smallest absolute Gasteiger partial charge is 0.110 e. The summed E-state index contributed by atoms with van der Waals surface area (Å²) in [5.74, 6) is 0. The third-order valence-corrected chi connectivity index (χ3v) is 6.93. The Hall–Kier alpha value is -3.34. The summed E-state index contributed by atoms with van der Waals surface area (Å²) in [6.07, 6.45) is 4.08. The largest absolute Gasteiger partial charge is 0.367 e. The Morgan fingerprint density at radius 3 is 2.27 bits per heavy atom. The number of para-hydroxylation sites is 1. The minimum Gasteiger partial charge on any atom is -0.367 e. The van der Waals surface area contributed by atoms with Crippen molar-refractivity contribution in [3.05, 3.63) is 113 Å². The normalized spacial score (nSPS) is 15.8. The quantitative estimate of drug-likeness (QED) is 0.331. The molecule has 3 aromatic carbocycles. The molecule has 6 rings (SSSR count). The Kier molecular flexibility index (Phi) is 5.25. The van der Waals surface area contributed by atoms with Crippen LogP contribution < -0.4 is 4.90 Å². The number of anilines is 1. The second-order valence-corrected chi connectivity index (χ2v) is 9.03.